The van der Waals surface area contributed by atoms with Gasteiger partial charge in [0, 0.05) is 6.07 Å². The van der Waals surface area contributed by atoms with Crippen molar-refractivity contribution in [1.82, 2.24) is 5.32 Å². The Labute approximate surface area is 125 Å². The lowest BCUT2D eigenvalue weighted by Gasteiger charge is -2.16. The number of rotatable bonds is 8. The molecule has 1 amide bonds. The van der Waals surface area contributed by atoms with Gasteiger partial charge in [-0.1, -0.05) is 19.8 Å². The molecular weight excluding hydrogens is 303 g/mol. The molecule has 0 spiro atoms. The maximum atomic E-state index is 13.1. The van der Waals surface area contributed by atoms with Gasteiger partial charge in [-0.25, -0.2) is 9.18 Å². The molecule has 22 heavy (non-hydrogen) atoms. The number of carbonyl (C=O) groups excluding carboxylic acids is 1. The van der Waals surface area contributed by atoms with Gasteiger partial charge in [0.15, 0.2) is 0 Å². The lowest BCUT2D eigenvalue weighted by Crippen LogP contribution is -2.40. The molecule has 0 saturated heterocycles. The topological polar surface area (TPSA) is 75.6 Å². The standard InChI is InChI=1S/C14H16F3NO4/c1-2-3-4-10(13(20)21)18-12(19)9-6-5-8(15)7-11(9)22-14(16)17/h5-7,10,14H,2-4H2,1H3,(H,18,19)(H,20,21)/t10-/m0/s1. The quantitative estimate of drug-likeness (QED) is 0.772. The molecular formula is C14H16F3NO4. The van der Waals surface area contributed by atoms with E-state index < -0.39 is 36.1 Å². The third-order valence-corrected chi connectivity index (χ3v) is 2.85. The number of halogens is 3. The minimum absolute atomic E-state index is 0.198. The molecule has 0 heterocycles. The third-order valence-electron chi connectivity index (χ3n) is 2.85. The molecule has 8 heteroatoms. The van der Waals surface area contributed by atoms with E-state index in [1.54, 1.807) is 0 Å². The Morgan fingerprint density at radius 2 is 2.05 bits per heavy atom. The number of alkyl halides is 2. The number of carboxylic acid groups (broad SMARTS) is 1. The van der Waals surface area contributed by atoms with Crippen molar-refractivity contribution in [3.8, 4) is 5.75 Å². The summed E-state index contributed by atoms with van der Waals surface area (Å²) in [5.74, 6) is -3.65. The van der Waals surface area contributed by atoms with E-state index in [2.05, 4.69) is 10.1 Å². The normalized spacial score (nSPS) is 12.0. The van der Waals surface area contributed by atoms with Crippen LogP contribution in [0.4, 0.5) is 13.2 Å². The molecule has 0 aliphatic carbocycles. The second-order valence-corrected chi connectivity index (χ2v) is 4.53. The maximum absolute atomic E-state index is 13.1. The molecule has 1 aromatic rings. The molecule has 0 saturated carbocycles. The summed E-state index contributed by atoms with van der Waals surface area (Å²) in [5, 5.41) is 11.2. The molecule has 0 aliphatic heterocycles. The highest BCUT2D eigenvalue weighted by molar-refractivity contribution is 5.98. The van der Waals surface area contributed by atoms with Gasteiger partial charge in [0.05, 0.1) is 5.56 Å². The van der Waals surface area contributed by atoms with Crippen LogP contribution in [0.25, 0.3) is 0 Å². The van der Waals surface area contributed by atoms with Gasteiger partial charge in [0.2, 0.25) is 0 Å². The van der Waals surface area contributed by atoms with E-state index in [9.17, 15) is 22.8 Å². The summed E-state index contributed by atoms with van der Waals surface area (Å²) in [6.45, 7) is -1.38. The summed E-state index contributed by atoms with van der Waals surface area (Å²) < 4.78 is 41.7. The Kier molecular flexibility index (Phi) is 6.68. The first-order valence-electron chi connectivity index (χ1n) is 6.63. The first-order chi connectivity index (χ1) is 10.3. The zero-order chi connectivity index (χ0) is 16.7. The minimum atomic E-state index is -3.23. The van der Waals surface area contributed by atoms with Crippen LogP contribution in [-0.4, -0.2) is 29.6 Å². The number of hydrogen-bond acceptors (Lipinski definition) is 3. The fraction of sp³-hybridized carbons (Fsp3) is 0.429. The average Bonchev–Trinajstić information content (AvgIpc) is 2.42. The van der Waals surface area contributed by atoms with Gasteiger partial charge in [-0.15, -0.1) is 0 Å². The summed E-state index contributed by atoms with van der Waals surface area (Å²) >= 11 is 0. The van der Waals surface area contributed by atoms with Gasteiger partial charge in [0.1, 0.15) is 17.6 Å². The lowest BCUT2D eigenvalue weighted by atomic mass is 10.1. The number of carboxylic acids is 1. The highest BCUT2D eigenvalue weighted by Gasteiger charge is 2.23. The van der Waals surface area contributed by atoms with E-state index in [0.29, 0.717) is 12.5 Å². The molecule has 0 aliphatic rings. The number of ether oxygens (including phenoxy) is 1. The van der Waals surface area contributed by atoms with Gasteiger partial charge in [0.25, 0.3) is 5.91 Å². The first-order valence-corrected chi connectivity index (χ1v) is 6.63. The smallest absolute Gasteiger partial charge is 0.387 e. The van der Waals surface area contributed by atoms with Crippen molar-refractivity contribution < 1.29 is 32.6 Å². The molecule has 0 unspecified atom stereocenters. The van der Waals surface area contributed by atoms with E-state index in [4.69, 9.17) is 5.11 Å². The Hall–Kier alpha value is -2.25. The van der Waals surface area contributed by atoms with Crippen LogP contribution in [0, 0.1) is 5.82 Å². The van der Waals surface area contributed by atoms with E-state index in [-0.39, 0.29) is 12.0 Å². The fourth-order valence-electron chi connectivity index (χ4n) is 1.78. The number of hydrogen-bond donors (Lipinski definition) is 2. The van der Waals surface area contributed by atoms with Gasteiger partial charge < -0.3 is 15.2 Å². The van der Waals surface area contributed by atoms with Crippen LogP contribution in [0.1, 0.15) is 36.5 Å². The van der Waals surface area contributed by atoms with E-state index in [0.717, 1.165) is 18.6 Å². The van der Waals surface area contributed by atoms with E-state index in [1.807, 2.05) is 6.92 Å². The molecule has 0 radical (unpaired) electrons. The zero-order valence-corrected chi connectivity index (χ0v) is 11.8. The Morgan fingerprint density at radius 3 is 2.59 bits per heavy atom. The molecule has 122 valence electrons. The minimum Gasteiger partial charge on any atom is -0.480 e. The molecule has 0 bridgehead atoms. The van der Waals surface area contributed by atoms with Gasteiger partial charge in [-0.2, -0.15) is 8.78 Å². The van der Waals surface area contributed by atoms with Gasteiger partial charge >= 0.3 is 12.6 Å². The van der Waals surface area contributed by atoms with Crippen molar-refractivity contribution >= 4 is 11.9 Å². The highest BCUT2D eigenvalue weighted by Crippen LogP contribution is 2.22. The van der Waals surface area contributed by atoms with Crippen LogP contribution in [-0.2, 0) is 4.79 Å². The average molecular weight is 319 g/mol. The lowest BCUT2D eigenvalue weighted by molar-refractivity contribution is -0.139. The predicted octanol–water partition coefficient (Wildman–Crippen LogP) is 2.80. The number of carbonyl (C=O) groups is 2. The number of amides is 1. The molecule has 1 rings (SSSR count). The molecule has 0 aromatic heterocycles. The fourth-order valence-corrected chi connectivity index (χ4v) is 1.78. The van der Waals surface area contributed by atoms with Gasteiger partial charge in [-0.05, 0) is 18.6 Å². The largest absolute Gasteiger partial charge is 0.480 e. The Bertz CT molecular complexity index is 537. The van der Waals surface area contributed by atoms with Crippen LogP contribution >= 0.6 is 0 Å². The summed E-state index contributed by atoms with van der Waals surface area (Å²) in [7, 11) is 0. The third kappa shape index (κ3) is 5.27. The first kappa shape index (κ1) is 17.8. The van der Waals surface area contributed by atoms with Crippen molar-refractivity contribution in [2.24, 2.45) is 0 Å². The number of unbranched alkanes of at least 4 members (excludes halogenated alkanes) is 1. The van der Waals surface area contributed by atoms with E-state index in [1.165, 1.54) is 0 Å². The van der Waals surface area contributed by atoms with E-state index >= 15 is 0 Å². The molecule has 2 N–H and O–H groups in total. The van der Waals surface area contributed by atoms with Crippen molar-refractivity contribution in [3.63, 3.8) is 0 Å². The maximum Gasteiger partial charge on any atom is 0.387 e. The molecule has 0 fully saturated rings. The summed E-state index contributed by atoms with van der Waals surface area (Å²) in [6, 6.07) is 1.34. The molecule has 1 aromatic carbocycles. The number of aliphatic carboxylic acids is 1. The molecule has 5 nitrogen and oxygen atoms in total. The van der Waals surface area contributed by atoms with Crippen molar-refractivity contribution in [2.75, 3.05) is 0 Å². The number of nitrogens with one attached hydrogen (secondary N) is 1. The van der Waals surface area contributed by atoms with Crippen molar-refractivity contribution in [3.05, 3.63) is 29.6 Å². The second-order valence-electron chi connectivity index (χ2n) is 4.53. The van der Waals surface area contributed by atoms with Crippen LogP contribution in [0.5, 0.6) is 5.75 Å². The van der Waals surface area contributed by atoms with Gasteiger partial charge in [-0.3, -0.25) is 4.79 Å². The summed E-state index contributed by atoms with van der Waals surface area (Å²) in [4.78, 5) is 23.1. The van der Waals surface area contributed by atoms with Crippen LogP contribution in [0.15, 0.2) is 18.2 Å². The molecule has 1 atom stereocenters. The van der Waals surface area contributed by atoms with Crippen LogP contribution in [0.3, 0.4) is 0 Å². The predicted molar refractivity (Wildman–Crippen MR) is 71.4 cm³/mol. The van der Waals surface area contributed by atoms with Crippen LogP contribution < -0.4 is 10.1 Å². The van der Waals surface area contributed by atoms with Crippen molar-refractivity contribution in [2.45, 2.75) is 38.8 Å². The summed E-state index contributed by atoms with van der Waals surface area (Å²) in [5.41, 5.74) is -0.357. The Balaban J connectivity index is 2.93. The second kappa shape index (κ2) is 8.26. The monoisotopic (exact) mass is 319 g/mol. The number of benzene rings is 1. The van der Waals surface area contributed by atoms with Crippen LogP contribution in [0.2, 0.25) is 0 Å². The Morgan fingerprint density at radius 1 is 1.36 bits per heavy atom. The highest BCUT2D eigenvalue weighted by atomic mass is 19.3. The zero-order valence-electron chi connectivity index (χ0n) is 11.8. The van der Waals surface area contributed by atoms with Crippen molar-refractivity contribution in [1.29, 1.82) is 0 Å². The SMILES string of the molecule is CCCC[C@H](NC(=O)c1ccc(F)cc1OC(F)F)C(=O)O. The summed E-state index contributed by atoms with van der Waals surface area (Å²) in [6.07, 6.45) is 1.50.